The van der Waals surface area contributed by atoms with Crippen LogP contribution in [0.1, 0.15) is 35.8 Å². The van der Waals surface area contributed by atoms with Gasteiger partial charge in [-0.25, -0.2) is 8.42 Å². The maximum Gasteiger partial charge on any atom is 0.264 e. The van der Waals surface area contributed by atoms with E-state index in [2.05, 4.69) is 10.6 Å². The SMILES string of the molecule is CCOc1ccccc1N(CC(=O)Nc1ccccc1C(=O)N[C@H](C)c1ccccc1)S(=O)(=O)c1ccc(SC)cc1. The van der Waals surface area contributed by atoms with Crippen LogP contribution in [-0.2, 0) is 14.8 Å². The lowest BCUT2D eigenvalue weighted by Gasteiger charge is -2.26. The second-order valence-electron chi connectivity index (χ2n) is 9.29. The number of hydrogen-bond donors (Lipinski definition) is 2. The summed E-state index contributed by atoms with van der Waals surface area (Å²) >= 11 is 1.49. The Morgan fingerprint density at radius 1 is 0.881 bits per heavy atom. The summed E-state index contributed by atoms with van der Waals surface area (Å²) in [5, 5.41) is 5.70. The van der Waals surface area contributed by atoms with E-state index in [4.69, 9.17) is 4.74 Å². The third-order valence-corrected chi connectivity index (χ3v) is 8.98. The number of nitrogens with zero attached hydrogens (tertiary/aromatic N) is 1. The van der Waals surface area contributed by atoms with E-state index in [1.165, 1.54) is 23.9 Å². The molecule has 4 aromatic rings. The van der Waals surface area contributed by atoms with Gasteiger partial charge >= 0.3 is 0 Å². The van der Waals surface area contributed by atoms with E-state index in [9.17, 15) is 18.0 Å². The van der Waals surface area contributed by atoms with Gasteiger partial charge in [-0.15, -0.1) is 11.8 Å². The molecule has 0 aliphatic carbocycles. The summed E-state index contributed by atoms with van der Waals surface area (Å²) in [6, 6.07) is 29.0. The predicted molar refractivity (Wildman–Crippen MR) is 168 cm³/mol. The predicted octanol–water partition coefficient (Wildman–Crippen LogP) is 6.13. The van der Waals surface area contributed by atoms with Crippen molar-refractivity contribution in [2.45, 2.75) is 29.7 Å². The molecule has 0 unspecified atom stereocenters. The fourth-order valence-corrected chi connectivity index (χ4v) is 6.16. The van der Waals surface area contributed by atoms with E-state index in [1.54, 1.807) is 67.6 Å². The van der Waals surface area contributed by atoms with Crippen LogP contribution in [0, 0.1) is 0 Å². The highest BCUT2D eigenvalue weighted by Gasteiger charge is 2.30. The van der Waals surface area contributed by atoms with Gasteiger partial charge in [-0.05, 0) is 74.2 Å². The van der Waals surface area contributed by atoms with Gasteiger partial charge in [0.05, 0.1) is 34.5 Å². The van der Waals surface area contributed by atoms with Crippen molar-refractivity contribution >= 4 is 45.0 Å². The van der Waals surface area contributed by atoms with Gasteiger partial charge in [-0.2, -0.15) is 0 Å². The molecule has 2 amide bonds. The fraction of sp³-hybridized carbons (Fsp3) is 0.188. The highest BCUT2D eigenvalue weighted by atomic mass is 32.2. The van der Waals surface area contributed by atoms with Crippen LogP contribution in [0.5, 0.6) is 5.75 Å². The lowest BCUT2D eigenvalue weighted by atomic mass is 10.1. The summed E-state index contributed by atoms with van der Waals surface area (Å²) in [4.78, 5) is 27.6. The second-order valence-corrected chi connectivity index (χ2v) is 12.0. The van der Waals surface area contributed by atoms with Crippen molar-refractivity contribution < 1.29 is 22.7 Å². The molecule has 8 nitrogen and oxygen atoms in total. The normalized spacial score (nSPS) is 11.8. The highest BCUT2D eigenvalue weighted by molar-refractivity contribution is 7.98. The minimum absolute atomic E-state index is 0.0362. The average Bonchev–Trinajstić information content (AvgIpc) is 3.01. The van der Waals surface area contributed by atoms with Crippen molar-refractivity contribution in [1.29, 1.82) is 0 Å². The Morgan fingerprint density at radius 3 is 2.21 bits per heavy atom. The largest absolute Gasteiger partial charge is 0.492 e. The number of carbonyl (C=O) groups excluding carboxylic acids is 2. The zero-order chi connectivity index (χ0) is 30.1. The van der Waals surface area contributed by atoms with Crippen LogP contribution in [0.3, 0.4) is 0 Å². The van der Waals surface area contributed by atoms with E-state index < -0.39 is 22.5 Å². The lowest BCUT2D eigenvalue weighted by Crippen LogP contribution is -2.38. The first-order valence-corrected chi connectivity index (χ1v) is 16.0. The van der Waals surface area contributed by atoms with E-state index in [-0.39, 0.29) is 33.8 Å². The molecule has 0 spiro atoms. The molecule has 0 radical (unpaired) electrons. The van der Waals surface area contributed by atoms with Gasteiger partial charge in [0, 0.05) is 4.90 Å². The van der Waals surface area contributed by atoms with Crippen molar-refractivity contribution in [3.63, 3.8) is 0 Å². The minimum Gasteiger partial charge on any atom is -0.492 e. The number of hydrogen-bond acceptors (Lipinski definition) is 6. The Balaban J connectivity index is 1.62. The number of benzene rings is 4. The monoisotopic (exact) mass is 603 g/mol. The average molecular weight is 604 g/mol. The summed E-state index contributed by atoms with van der Waals surface area (Å²) in [6.07, 6.45) is 1.90. The summed E-state index contributed by atoms with van der Waals surface area (Å²) in [5.74, 6) is -0.670. The number of carbonyl (C=O) groups is 2. The van der Waals surface area contributed by atoms with Crippen molar-refractivity contribution in [1.82, 2.24) is 5.32 Å². The van der Waals surface area contributed by atoms with Crippen LogP contribution >= 0.6 is 11.8 Å². The Kier molecular flexibility index (Phi) is 10.3. The molecule has 0 saturated carbocycles. The molecule has 0 aromatic heterocycles. The number of rotatable bonds is 12. The Hall–Kier alpha value is -4.28. The molecule has 0 fully saturated rings. The number of sulfonamides is 1. The number of ether oxygens (including phenoxy) is 1. The molecule has 42 heavy (non-hydrogen) atoms. The molecule has 4 rings (SSSR count). The highest BCUT2D eigenvalue weighted by Crippen LogP contribution is 2.33. The number of para-hydroxylation sites is 3. The number of amides is 2. The van der Waals surface area contributed by atoms with Gasteiger partial charge in [0.1, 0.15) is 12.3 Å². The Bertz CT molecular complexity index is 1630. The maximum atomic E-state index is 13.9. The first kappa shape index (κ1) is 30.7. The van der Waals surface area contributed by atoms with Crippen LogP contribution < -0.4 is 19.7 Å². The first-order chi connectivity index (χ1) is 20.2. The molecule has 4 aromatic carbocycles. The molecule has 0 heterocycles. The molecule has 1 atom stereocenters. The number of thioether (sulfide) groups is 1. The standard InChI is InChI=1S/C32H33N3O5S2/c1-4-40-30-17-11-10-16-29(30)35(42(38,39)26-20-18-25(41-3)19-21-26)22-31(36)34-28-15-9-8-14-27(28)32(37)33-23(2)24-12-6-5-7-13-24/h5-21,23H,4,22H2,1-3H3,(H,33,37)(H,34,36)/t23-/m1/s1. The number of anilines is 2. The summed E-state index contributed by atoms with van der Waals surface area (Å²) in [6.45, 7) is 3.43. The van der Waals surface area contributed by atoms with Crippen molar-refractivity contribution in [3.8, 4) is 5.75 Å². The van der Waals surface area contributed by atoms with E-state index in [0.717, 1.165) is 14.8 Å². The van der Waals surface area contributed by atoms with Crippen molar-refractivity contribution in [2.24, 2.45) is 0 Å². The van der Waals surface area contributed by atoms with Crippen LogP contribution in [0.15, 0.2) is 113 Å². The van der Waals surface area contributed by atoms with Gasteiger partial charge in [-0.3, -0.25) is 13.9 Å². The molecule has 0 saturated heterocycles. The van der Waals surface area contributed by atoms with Gasteiger partial charge in [0.15, 0.2) is 0 Å². The zero-order valence-electron chi connectivity index (χ0n) is 23.6. The molecular weight excluding hydrogens is 571 g/mol. The quantitative estimate of drug-likeness (QED) is 0.189. The lowest BCUT2D eigenvalue weighted by molar-refractivity contribution is -0.114. The van der Waals surface area contributed by atoms with Gasteiger partial charge in [0.2, 0.25) is 5.91 Å². The van der Waals surface area contributed by atoms with Crippen LogP contribution in [0.2, 0.25) is 0 Å². The van der Waals surface area contributed by atoms with Gasteiger partial charge in [-0.1, -0.05) is 54.6 Å². The molecule has 2 N–H and O–H groups in total. The zero-order valence-corrected chi connectivity index (χ0v) is 25.2. The third-order valence-electron chi connectivity index (χ3n) is 6.46. The molecule has 0 aliphatic heterocycles. The van der Waals surface area contributed by atoms with Gasteiger partial charge in [0.25, 0.3) is 15.9 Å². The molecule has 0 bridgehead atoms. The fourth-order valence-electron chi connectivity index (χ4n) is 4.33. The van der Waals surface area contributed by atoms with Crippen LogP contribution in [-0.4, -0.2) is 39.6 Å². The van der Waals surface area contributed by atoms with E-state index >= 15 is 0 Å². The minimum atomic E-state index is -4.18. The van der Waals surface area contributed by atoms with Crippen molar-refractivity contribution in [2.75, 3.05) is 29.0 Å². The summed E-state index contributed by atoms with van der Waals surface area (Å²) in [7, 11) is -4.18. The number of nitrogens with one attached hydrogen (secondary N) is 2. The van der Waals surface area contributed by atoms with E-state index in [1.807, 2.05) is 43.5 Å². The first-order valence-electron chi connectivity index (χ1n) is 13.4. The smallest absolute Gasteiger partial charge is 0.264 e. The second kappa shape index (κ2) is 14.1. The van der Waals surface area contributed by atoms with Crippen LogP contribution in [0.4, 0.5) is 11.4 Å². The van der Waals surface area contributed by atoms with Gasteiger partial charge < -0.3 is 15.4 Å². The molecule has 0 aliphatic rings. The van der Waals surface area contributed by atoms with Crippen LogP contribution in [0.25, 0.3) is 0 Å². The molecule has 10 heteroatoms. The maximum absolute atomic E-state index is 13.9. The Labute approximate surface area is 251 Å². The Morgan fingerprint density at radius 2 is 1.52 bits per heavy atom. The molecular formula is C32H33N3O5S2. The van der Waals surface area contributed by atoms with Crippen molar-refractivity contribution in [3.05, 3.63) is 114 Å². The van der Waals surface area contributed by atoms with E-state index in [0.29, 0.717) is 12.4 Å². The summed E-state index contributed by atoms with van der Waals surface area (Å²) < 4.78 is 34.6. The summed E-state index contributed by atoms with van der Waals surface area (Å²) in [5.41, 5.74) is 1.68. The third kappa shape index (κ3) is 7.32. The topological polar surface area (TPSA) is 105 Å². The molecule has 218 valence electrons.